The lowest BCUT2D eigenvalue weighted by molar-refractivity contribution is -0.144. The molecule has 0 saturated carbocycles. The SMILES string of the molecule is COc1ccc(Cl)cc1O[C@@H](CN)C(=O)O. The van der Waals surface area contributed by atoms with Gasteiger partial charge in [0.05, 0.1) is 7.11 Å². The van der Waals surface area contributed by atoms with Gasteiger partial charge in [0.1, 0.15) is 0 Å². The lowest BCUT2D eigenvalue weighted by Crippen LogP contribution is -2.34. The number of carbonyl (C=O) groups is 1. The van der Waals surface area contributed by atoms with E-state index in [0.717, 1.165) is 0 Å². The quantitative estimate of drug-likeness (QED) is 0.813. The Hall–Kier alpha value is -1.46. The number of ether oxygens (including phenoxy) is 2. The normalized spacial score (nSPS) is 11.9. The van der Waals surface area contributed by atoms with Crippen LogP contribution < -0.4 is 15.2 Å². The van der Waals surface area contributed by atoms with Crippen molar-refractivity contribution in [2.75, 3.05) is 13.7 Å². The first kappa shape index (κ1) is 12.6. The molecule has 16 heavy (non-hydrogen) atoms. The minimum atomic E-state index is -1.13. The van der Waals surface area contributed by atoms with Gasteiger partial charge in [-0.05, 0) is 12.1 Å². The highest BCUT2D eigenvalue weighted by Crippen LogP contribution is 2.30. The zero-order valence-corrected chi connectivity index (χ0v) is 9.40. The molecule has 0 aliphatic carbocycles. The van der Waals surface area contributed by atoms with Crippen molar-refractivity contribution in [3.63, 3.8) is 0 Å². The second-order valence-corrected chi connectivity index (χ2v) is 3.41. The number of hydrogen-bond donors (Lipinski definition) is 2. The predicted molar refractivity (Wildman–Crippen MR) is 59.1 cm³/mol. The Balaban J connectivity index is 2.93. The third-order valence-electron chi connectivity index (χ3n) is 1.88. The van der Waals surface area contributed by atoms with Crippen LogP contribution in [0.1, 0.15) is 0 Å². The molecule has 0 fully saturated rings. The predicted octanol–water partition coefficient (Wildman–Crippen LogP) is 1.14. The van der Waals surface area contributed by atoms with Gasteiger partial charge in [0, 0.05) is 17.6 Å². The molecule has 3 N–H and O–H groups in total. The molecule has 88 valence electrons. The number of halogens is 1. The van der Waals surface area contributed by atoms with Crippen molar-refractivity contribution >= 4 is 17.6 Å². The van der Waals surface area contributed by atoms with E-state index in [1.807, 2.05) is 0 Å². The Morgan fingerprint density at radius 3 is 2.75 bits per heavy atom. The van der Waals surface area contributed by atoms with Crippen molar-refractivity contribution in [3.8, 4) is 11.5 Å². The van der Waals surface area contributed by atoms with Crippen LogP contribution in [0.25, 0.3) is 0 Å². The molecule has 0 aliphatic heterocycles. The van der Waals surface area contributed by atoms with E-state index in [9.17, 15) is 4.79 Å². The topological polar surface area (TPSA) is 81.8 Å². The number of nitrogens with two attached hydrogens (primary N) is 1. The fourth-order valence-corrected chi connectivity index (χ4v) is 1.26. The van der Waals surface area contributed by atoms with Gasteiger partial charge < -0.3 is 20.3 Å². The number of aliphatic carboxylic acids is 1. The summed E-state index contributed by atoms with van der Waals surface area (Å²) in [5, 5.41) is 9.22. The van der Waals surface area contributed by atoms with Gasteiger partial charge in [-0.2, -0.15) is 0 Å². The molecule has 0 bridgehead atoms. The third kappa shape index (κ3) is 3.01. The van der Waals surface area contributed by atoms with Crippen LogP contribution in [0.2, 0.25) is 5.02 Å². The van der Waals surface area contributed by atoms with Gasteiger partial charge in [-0.3, -0.25) is 0 Å². The van der Waals surface area contributed by atoms with E-state index in [2.05, 4.69) is 0 Å². The van der Waals surface area contributed by atoms with Crippen LogP contribution in [0, 0.1) is 0 Å². The Morgan fingerprint density at radius 2 is 2.25 bits per heavy atom. The maximum Gasteiger partial charge on any atom is 0.346 e. The van der Waals surface area contributed by atoms with Crippen molar-refractivity contribution in [2.24, 2.45) is 5.73 Å². The first-order valence-corrected chi connectivity index (χ1v) is 4.89. The molecule has 0 unspecified atom stereocenters. The molecular formula is C10H12ClNO4. The van der Waals surface area contributed by atoms with Gasteiger partial charge in [-0.25, -0.2) is 4.79 Å². The second kappa shape index (κ2) is 5.58. The van der Waals surface area contributed by atoms with Crippen molar-refractivity contribution in [1.29, 1.82) is 0 Å². The zero-order chi connectivity index (χ0) is 12.1. The monoisotopic (exact) mass is 245 g/mol. The highest BCUT2D eigenvalue weighted by Gasteiger charge is 2.19. The van der Waals surface area contributed by atoms with Gasteiger partial charge in [0.2, 0.25) is 6.10 Å². The fraction of sp³-hybridized carbons (Fsp3) is 0.300. The summed E-state index contributed by atoms with van der Waals surface area (Å²) in [7, 11) is 1.45. The molecule has 1 rings (SSSR count). The largest absolute Gasteiger partial charge is 0.493 e. The molecule has 0 heterocycles. The van der Waals surface area contributed by atoms with E-state index in [0.29, 0.717) is 10.8 Å². The number of methoxy groups -OCH3 is 1. The smallest absolute Gasteiger partial charge is 0.346 e. The molecule has 0 aliphatic rings. The average molecular weight is 246 g/mol. The Bertz CT molecular complexity index is 383. The van der Waals surface area contributed by atoms with Crippen LogP contribution in [0.3, 0.4) is 0 Å². The van der Waals surface area contributed by atoms with E-state index in [-0.39, 0.29) is 12.3 Å². The van der Waals surface area contributed by atoms with Crippen LogP contribution in [-0.4, -0.2) is 30.8 Å². The summed E-state index contributed by atoms with van der Waals surface area (Å²) in [4.78, 5) is 10.7. The van der Waals surface area contributed by atoms with Gasteiger partial charge in [0.25, 0.3) is 0 Å². The molecule has 5 nitrogen and oxygen atoms in total. The Labute approximate surface area is 97.7 Å². The lowest BCUT2D eigenvalue weighted by Gasteiger charge is -2.15. The Morgan fingerprint density at radius 1 is 1.56 bits per heavy atom. The maximum atomic E-state index is 10.7. The van der Waals surface area contributed by atoms with E-state index in [1.54, 1.807) is 12.1 Å². The van der Waals surface area contributed by atoms with E-state index in [4.69, 9.17) is 31.9 Å². The molecule has 1 aromatic carbocycles. The maximum absolute atomic E-state index is 10.7. The number of carboxylic acids is 1. The zero-order valence-electron chi connectivity index (χ0n) is 8.64. The van der Waals surface area contributed by atoms with E-state index in [1.165, 1.54) is 13.2 Å². The van der Waals surface area contributed by atoms with Crippen LogP contribution in [0.4, 0.5) is 0 Å². The average Bonchev–Trinajstić information content (AvgIpc) is 2.25. The van der Waals surface area contributed by atoms with Crippen molar-refractivity contribution in [3.05, 3.63) is 23.2 Å². The molecule has 0 radical (unpaired) electrons. The molecule has 1 aromatic rings. The van der Waals surface area contributed by atoms with Crippen LogP contribution in [-0.2, 0) is 4.79 Å². The molecular weight excluding hydrogens is 234 g/mol. The van der Waals surface area contributed by atoms with Gasteiger partial charge in [-0.1, -0.05) is 11.6 Å². The molecule has 0 amide bonds. The number of carboxylic acid groups (broad SMARTS) is 1. The minimum absolute atomic E-state index is 0.134. The third-order valence-corrected chi connectivity index (χ3v) is 2.12. The summed E-state index contributed by atoms with van der Waals surface area (Å²) in [5.41, 5.74) is 5.27. The highest BCUT2D eigenvalue weighted by molar-refractivity contribution is 6.30. The summed E-state index contributed by atoms with van der Waals surface area (Å²) in [6.07, 6.45) is -1.12. The summed E-state index contributed by atoms with van der Waals surface area (Å²) in [6, 6.07) is 4.69. The van der Waals surface area contributed by atoms with Crippen molar-refractivity contribution < 1.29 is 19.4 Å². The van der Waals surface area contributed by atoms with Gasteiger partial charge in [-0.15, -0.1) is 0 Å². The highest BCUT2D eigenvalue weighted by atomic mass is 35.5. The standard InChI is InChI=1S/C10H12ClNO4/c1-15-7-3-2-6(11)4-8(7)16-9(5-12)10(13)14/h2-4,9H,5,12H2,1H3,(H,13,14)/t9-/m0/s1. The fourth-order valence-electron chi connectivity index (χ4n) is 1.10. The molecule has 0 saturated heterocycles. The molecule has 6 heteroatoms. The summed E-state index contributed by atoms with van der Waals surface area (Å²) in [5.74, 6) is -0.471. The Kier molecular flexibility index (Phi) is 4.39. The number of rotatable bonds is 5. The van der Waals surface area contributed by atoms with Gasteiger partial charge >= 0.3 is 5.97 Å². The summed E-state index contributed by atoms with van der Waals surface area (Å²) < 4.78 is 10.2. The minimum Gasteiger partial charge on any atom is -0.493 e. The first-order chi connectivity index (χ1) is 7.58. The van der Waals surface area contributed by atoms with Crippen LogP contribution in [0.15, 0.2) is 18.2 Å². The van der Waals surface area contributed by atoms with Crippen LogP contribution in [0.5, 0.6) is 11.5 Å². The number of benzene rings is 1. The second-order valence-electron chi connectivity index (χ2n) is 2.98. The first-order valence-electron chi connectivity index (χ1n) is 4.51. The van der Waals surface area contributed by atoms with E-state index >= 15 is 0 Å². The molecule has 0 spiro atoms. The van der Waals surface area contributed by atoms with Crippen LogP contribution >= 0.6 is 11.6 Å². The molecule has 0 aromatic heterocycles. The van der Waals surface area contributed by atoms with E-state index < -0.39 is 12.1 Å². The molecule has 1 atom stereocenters. The van der Waals surface area contributed by atoms with Crippen molar-refractivity contribution in [1.82, 2.24) is 0 Å². The van der Waals surface area contributed by atoms with Crippen molar-refractivity contribution in [2.45, 2.75) is 6.10 Å². The van der Waals surface area contributed by atoms with Gasteiger partial charge in [0.15, 0.2) is 11.5 Å². The lowest BCUT2D eigenvalue weighted by atomic mass is 10.3. The number of hydrogen-bond acceptors (Lipinski definition) is 4. The summed E-state index contributed by atoms with van der Waals surface area (Å²) in [6.45, 7) is -0.134. The summed E-state index contributed by atoms with van der Waals surface area (Å²) >= 11 is 5.77.